The Hall–Kier alpha value is -0.755. The van der Waals surface area contributed by atoms with Crippen LogP contribution in [0.2, 0.25) is 0 Å². The molecular formula is C8H12BN. The predicted octanol–water partition coefficient (Wildman–Crippen LogP) is -0.554. The molecule has 0 unspecified atom stereocenters. The first-order chi connectivity index (χ1) is 4.84. The summed E-state index contributed by atoms with van der Waals surface area (Å²) in [5, 5.41) is 0. The molecule has 1 aromatic carbocycles. The molecule has 0 spiro atoms. The lowest BCUT2D eigenvalue weighted by atomic mass is 9.89. The molecule has 1 rings (SSSR count). The summed E-state index contributed by atoms with van der Waals surface area (Å²) in [6, 6.07) is 8.35. The molecule has 0 heterocycles. The topological polar surface area (TPSA) is 26.0 Å². The summed E-state index contributed by atoms with van der Waals surface area (Å²) in [5.74, 6) is 0. The number of nitrogens with two attached hydrogens (primary N) is 1. The second-order valence-corrected chi connectivity index (χ2v) is 2.47. The first-order valence-corrected chi connectivity index (χ1v) is 3.59. The van der Waals surface area contributed by atoms with Gasteiger partial charge in [-0.3, -0.25) is 0 Å². The van der Waals surface area contributed by atoms with Gasteiger partial charge in [0.15, 0.2) is 0 Å². The molecule has 52 valence electrons. The number of hydrogen-bond donors (Lipinski definition) is 1. The summed E-state index contributed by atoms with van der Waals surface area (Å²) in [5.41, 5.74) is 8.14. The molecule has 0 bridgehead atoms. The van der Waals surface area contributed by atoms with Gasteiger partial charge in [-0.2, -0.15) is 0 Å². The molecule has 2 N–H and O–H groups in total. The van der Waals surface area contributed by atoms with Gasteiger partial charge in [0.25, 0.3) is 0 Å². The lowest BCUT2D eigenvalue weighted by molar-refractivity contribution is 0.975. The van der Waals surface area contributed by atoms with Gasteiger partial charge in [0.1, 0.15) is 7.85 Å². The van der Waals surface area contributed by atoms with Crippen LogP contribution < -0.4 is 11.2 Å². The van der Waals surface area contributed by atoms with E-state index in [1.54, 1.807) is 0 Å². The van der Waals surface area contributed by atoms with Gasteiger partial charge in [0, 0.05) is 0 Å². The lowest BCUT2D eigenvalue weighted by Gasteiger charge is -2.01. The lowest BCUT2D eigenvalue weighted by Crippen LogP contribution is -2.13. The Morgan fingerprint density at radius 3 is 2.60 bits per heavy atom. The molecule has 0 aliphatic rings. The zero-order valence-electron chi connectivity index (χ0n) is 6.30. The van der Waals surface area contributed by atoms with Crippen molar-refractivity contribution in [1.29, 1.82) is 0 Å². The molecule has 1 aromatic rings. The second-order valence-electron chi connectivity index (χ2n) is 2.47. The van der Waals surface area contributed by atoms with Gasteiger partial charge >= 0.3 is 0 Å². The van der Waals surface area contributed by atoms with Crippen molar-refractivity contribution in [2.75, 3.05) is 6.54 Å². The molecular weight excluding hydrogens is 121 g/mol. The summed E-state index contributed by atoms with van der Waals surface area (Å²) >= 11 is 0. The van der Waals surface area contributed by atoms with Crippen molar-refractivity contribution in [3.05, 3.63) is 29.8 Å². The molecule has 0 radical (unpaired) electrons. The fraction of sp³-hybridized carbons (Fsp3) is 0.250. The van der Waals surface area contributed by atoms with E-state index in [9.17, 15) is 0 Å². The third-order valence-electron chi connectivity index (χ3n) is 1.67. The minimum absolute atomic E-state index is 0.741. The highest BCUT2D eigenvalue weighted by molar-refractivity contribution is 6.33. The van der Waals surface area contributed by atoms with Gasteiger partial charge < -0.3 is 5.73 Å². The van der Waals surface area contributed by atoms with E-state index in [0.717, 1.165) is 13.0 Å². The van der Waals surface area contributed by atoms with Crippen molar-refractivity contribution >= 4 is 13.3 Å². The van der Waals surface area contributed by atoms with Crippen LogP contribution in [0.5, 0.6) is 0 Å². The smallest absolute Gasteiger partial charge is 0.139 e. The minimum atomic E-state index is 0.741. The highest BCUT2D eigenvalue weighted by Gasteiger charge is 1.92. The maximum atomic E-state index is 5.43. The molecule has 0 aliphatic carbocycles. The van der Waals surface area contributed by atoms with Gasteiger partial charge in [-0.25, -0.2) is 0 Å². The molecule has 0 aliphatic heterocycles. The highest BCUT2D eigenvalue weighted by atomic mass is 14.5. The standard InChI is InChI=1S/C8H12BN/c9-8-4-2-1-3-7(8)5-6-10/h1-4H,5-6,9-10H2. The fourth-order valence-corrected chi connectivity index (χ4v) is 1.05. The molecule has 0 aromatic heterocycles. The van der Waals surface area contributed by atoms with Crippen molar-refractivity contribution in [2.24, 2.45) is 5.73 Å². The average molecular weight is 133 g/mol. The SMILES string of the molecule is Bc1ccccc1CCN. The van der Waals surface area contributed by atoms with E-state index in [1.165, 1.54) is 11.0 Å². The van der Waals surface area contributed by atoms with Crippen LogP contribution in [0.15, 0.2) is 24.3 Å². The summed E-state index contributed by atoms with van der Waals surface area (Å²) < 4.78 is 0. The molecule has 2 heteroatoms. The van der Waals surface area contributed by atoms with Crippen LogP contribution in [0.25, 0.3) is 0 Å². The Balaban J connectivity index is 2.81. The average Bonchev–Trinajstić information content (AvgIpc) is 1.94. The van der Waals surface area contributed by atoms with Crippen LogP contribution in [0.3, 0.4) is 0 Å². The van der Waals surface area contributed by atoms with Gasteiger partial charge in [-0.1, -0.05) is 35.3 Å². The molecule has 0 fully saturated rings. The van der Waals surface area contributed by atoms with Gasteiger partial charge in [-0.05, 0) is 13.0 Å². The van der Waals surface area contributed by atoms with E-state index in [4.69, 9.17) is 5.73 Å². The molecule has 0 atom stereocenters. The maximum absolute atomic E-state index is 5.43. The van der Waals surface area contributed by atoms with Gasteiger partial charge in [0.2, 0.25) is 0 Å². The zero-order chi connectivity index (χ0) is 7.40. The molecule has 1 nitrogen and oxygen atoms in total. The second kappa shape index (κ2) is 3.42. The summed E-state index contributed by atoms with van der Waals surface area (Å²) in [7, 11) is 2.12. The Labute approximate surface area is 62.7 Å². The van der Waals surface area contributed by atoms with Crippen LogP contribution in [-0.4, -0.2) is 14.4 Å². The maximum Gasteiger partial charge on any atom is 0.139 e. The highest BCUT2D eigenvalue weighted by Crippen LogP contribution is 1.93. The quantitative estimate of drug-likeness (QED) is 0.538. The molecule has 0 amide bonds. The van der Waals surface area contributed by atoms with E-state index in [2.05, 4.69) is 32.1 Å². The van der Waals surface area contributed by atoms with Crippen molar-refractivity contribution in [2.45, 2.75) is 6.42 Å². The monoisotopic (exact) mass is 133 g/mol. The Kier molecular flexibility index (Phi) is 2.52. The van der Waals surface area contributed by atoms with Gasteiger partial charge in [0.05, 0.1) is 0 Å². The Morgan fingerprint density at radius 2 is 2.00 bits per heavy atom. The minimum Gasteiger partial charge on any atom is -0.330 e. The largest absolute Gasteiger partial charge is 0.330 e. The Morgan fingerprint density at radius 1 is 1.30 bits per heavy atom. The van der Waals surface area contributed by atoms with Crippen LogP contribution in [0, 0.1) is 0 Å². The molecule has 0 saturated heterocycles. The molecule has 10 heavy (non-hydrogen) atoms. The van der Waals surface area contributed by atoms with Crippen molar-refractivity contribution in [3.8, 4) is 0 Å². The number of rotatable bonds is 2. The summed E-state index contributed by atoms with van der Waals surface area (Å²) in [6.45, 7) is 0.741. The normalized spacial score (nSPS) is 9.70. The van der Waals surface area contributed by atoms with Crippen LogP contribution >= 0.6 is 0 Å². The zero-order valence-corrected chi connectivity index (χ0v) is 6.30. The van der Waals surface area contributed by atoms with Crippen molar-refractivity contribution < 1.29 is 0 Å². The first-order valence-electron chi connectivity index (χ1n) is 3.59. The first kappa shape index (κ1) is 7.35. The van der Waals surface area contributed by atoms with E-state index in [0.29, 0.717) is 0 Å². The van der Waals surface area contributed by atoms with Crippen LogP contribution in [0.4, 0.5) is 0 Å². The third-order valence-corrected chi connectivity index (χ3v) is 1.67. The van der Waals surface area contributed by atoms with E-state index in [-0.39, 0.29) is 0 Å². The van der Waals surface area contributed by atoms with Crippen LogP contribution in [0.1, 0.15) is 5.56 Å². The third kappa shape index (κ3) is 1.61. The van der Waals surface area contributed by atoms with E-state index < -0.39 is 0 Å². The summed E-state index contributed by atoms with van der Waals surface area (Å²) in [6.07, 6.45) is 0.993. The predicted molar refractivity (Wildman–Crippen MR) is 47.4 cm³/mol. The Bertz CT molecular complexity index is 210. The van der Waals surface area contributed by atoms with E-state index in [1.807, 2.05) is 0 Å². The van der Waals surface area contributed by atoms with Crippen molar-refractivity contribution in [3.63, 3.8) is 0 Å². The fourth-order valence-electron chi connectivity index (χ4n) is 1.05. The summed E-state index contributed by atoms with van der Waals surface area (Å²) in [4.78, 5) is 0. The molecule has 0 saturated carbocycles. The van der Waals surface area contributed by atoms with Gasteiger partial charge in [-0.15, -0.1) is 0 Å². The number of benzene rings is 1. The number of hydrogen-bond acceptors (Lipinski definition) is 1. The van der Waals surface area contributed by atoms with Crippen molar-refractivity contribution in [1.82, 2.24) is 0 Å². The van der Waals surface area contributed by atoms with Crippen LogP contribution in [-0.2, 0) is 6.42 Å². The van der Waals surface area contributed by atoms with E-state index >= 15 is 0 Å².